The summed E-state index contributed by atoms with van der Waals surface area (Å²) in [6.45, 7) is 5.17. The van der Waals surface area contributed by atoms with Gasteiger partial charge in [0.05, 0.1) is 18.3 Å². The standard InChI is InChI=1S/C22H26O6/c1-14(2)22(13-20(26)27)18(23)10-16(11-21(22,28)12-19(24)25)9-15(3)17-7-5-4-6-8-17/h4-11,14,23,28H,12-13H2,1-3H3,(H,24,25)(H,26,27). The third kappa shape index (κ3) is 4.02. The molecule has 4 N–H and O–H groups in total. The summed E-state index contributed by atoms with van der Waals surface area (Å²) in [7, 11) is 0. The van der Waals surface area contributed by atoms with Gasteiger partial charge in [-0.15, -0.1) is 0 Å². The van der Waals surface area contributed by atoms with Crippen molar-refractivity contribution in [3.63, 3.8) is 0 Å². The lowest BCUT2D eigenvalue weighted by Crippen LogP contribution is -2.55. The van der Waals surface area contributed by atoms with Crippen molar-refractivity contribution in [3.05, 3.63) is 65.5 Å². The average molecular weight is 386 g/mol. The predicted octanol–water partition coefficient (Wildman–Crippen LogP) is 3.79. The molecule has 150 valence electrons. The fourth-order valence-corrected chi connectivity index (χ4v) is 3.99. The zero-order valence-corrected chi connectivity index (χ0v) is 16.2. The average Bonchev–Trinajstić information content (AvgIpc) is 2.57. The number of carbonyl (C=O) groups is 2. The number of carboxylic acids is 2. The van der Waals surface area contributed by atoms with Gasteiger partial charge in [0.15, 0.2) is 0 Å². The summed E-state index contributed by atoms with van der Waals surface area (Å²) in [5.74, 6) is -3.37. The molecule has 1 aliphatic carbocycles. The van der Waals surface area contributed by atoms with Crippen LogP contribution >= 0.6 is 0 Å². The number of hydrogen-bond donors (Lipinski definition) is 4. The summed E-state index contributed by atoms with van der Waals surface area (Å²) in [6, 6.07) is 9.46. The summed E-state index contributed by atoms with van der Waals surface area (Å²) < 4.78 is 0. The molecular formula is C22H26O6. The lowest BCUT2D eigenvalue weighted by atomic mass is 9.58. The second kappa shape index (κ2) is 8.02. The SMILES string of the molecule is CC(=CC1=CC(O)(CC(=O)O)C(CC(=O)O)(C(C)C)C(O)=C1)c1ccccc1. The van der Waals surface area contributed by atoms with Gasteiger partial charge in [-0.1, -0.05) is 50.3 Å². The molecular weight excluding hydrogens is 360 g/mol. The molecule has 0 saturated carbocycles. The molecule has 0 radical (unpaired) electrons. The van der Waals surface area contributed by atoms with E-state index in [1.807, 2.05) is 37.3 Å². The number of aliphatic hydroxyl groups is 2. The third-order valence-corrected chi connectivity index (χ3v) is 5.39. The van der Waals surface area contributed by atoms with Gasteiger partial charge in [0.1, 0.15) is 11.4 Å². The van der Waals surface area contributed by atoms with Crippen LogP contribution in [0, 0.1) is 11.3 Å². The fourth-order valence-electron chi connectivity index (χ4n) is 3.99. The number of aliphatic carboxylic acids is 2. The topological polar surface area (TPSA) is 115 Å². The Morgan fingerprint density at radius 3 is 2.14 bits per heavy atom. The van der Waals surface area contributed by atoms with E-state index in [0.717, 1.165) is 11.1 Å². The maximum Gasteiger partial charge on any atom is 0.306 e. The molecule has 2 unspecified atom stereocenters. The number of allylic oxidation sites excluding steroid dienone is 4. The van der Waals surface area contributed by atoms with E-state index in [-0.39, 0.29) is 5.76 Å². The Morgan fingerprint density at radius 2 is 1.64 bits per heavy atom. The molecule has 0 spiro atoms. The molecule has 0 aliphatic heterocycles. The van der Waals surface area contributed by atoms with Gasteiger partial charge in [-0.3, -0.25) is 9.59 Å². The minimum Gasteiger partial charge on any atom is -0.512 e. The summed E-state index contributed by atoms with van der Waals surface area (Å²) in [5.41, 5.74) is -1.50. The van der Waals surface area contributed by atoms with E-state index in [4.69, 9.17) is 0 Å². The van der Waals surface area contributed by atoms with Crippen LogP contribution in [0.3, 0.4) is 0 Å². The van der Waals surface area contributed by atoms with Gasteiger partial charge in [0.25, 0.3) is 0 Å². The van der Waals surface area contributed by atoms with Gasteiger partial charge in [-0.2, -0.15) is 0 Å². The van der Waals surface area contributed by atoms with Crippen LogP contribution in [0.2, 0.25) is 0 Å². The first kappa shape index (κ1) is 21.4. The lowest BCUT2D eigenvalue weighted by molar-refractivity contribution is -0.158. The molecule has 0 saturated heterocycles. The Balaban J connectivity index is 2.62. The van der Waals surface area contributed by atoms with Crippen LogP contribution in [0.25, 0.3) is 5.57 Å². The highest BCUT2D eigenvalue weighted by molar-refractivity contribution is 5.74. The smallest absolute Gasteiger partial charge is 0.306 e. The minimum atomic E-state index is -2.06. The first-order valence-corrected chi connectivity index (χ1v) is 9.05. The van der Waals surface area contributed by atoms with Gasteiger partial charge in [0, 0.05) is 0 Å². The van der Waals surface area contributed by atoms with E-state index in [9.17, 15) is 30.0 Å². The number of benzene rings is 1. The summed E-state index contributed by atoms with van der Waals surface area (Å²) in [6.07, 6.45) is 3.17. The Bertz CT molecular complexity index is 849. The largest absolute Gasteiger partial charge is 0.512 e. The first-order valence-electron chi connectivity index (χ1n) is 9.05. The van der Waals surface area contributed by atoms with Crippen LogP contribution in [0.4, 0.5) is 0 Å². The number of hydrogen-bond acceptors (Lipinski definition) is 4. The highest BCUT2D eigenvalue weighted by Crippen LogP contribution is 2.52. The number of rotatable bonds is 7. The second-order valence-corrected chi connectivity index (χ2v) is 7.56. The molecule has 0 heterocycles. The Labute approximate surface area is 164 Å². The Hall–Kier alpha value is -2.86. The maximum absolute atomic E-state index is 11.5. The minimum absolute atomic E-state index is 0.330. The fraction of sp³-hybridized carbons (Fsp3) is 0.364. The Kier molecular flexibility index (Phi) is 6.14. The molecule has 2 rings (SSSR count). The van der Waals surface area contributed by atoms with Gasteiger partial charge in [-0.25, -0.2) is 0 Å². The van der Waals surface area contributed by atoms with Crippen molar-refractivity contribution in [2.75, 3.05) is 0 Å². The highest BCUT2D eigenvalue weighted by atomic mass is 16.4. The van der Waals surface area contributed by atoms with Crippen LogP contribution < -0.4 is 0 Å². The molecule has 6 heteroatoms. The quantitative estimate of drug-likeness (QED) is 0.567. The summed E-state index contributed by atoms with van der Waals surface area (Å²) in [5, 5.41) is 40.9. The van der Waals surface area contributed by atoms with Crippen LogP contribution in [-0.4, -0.2) is 38.0 Å². The molecule has 2 atom stereocenters. The van der Waals surface area contributed by atoms with E-state index in [1.165, 1.54) is 12.2 Å². The highest BCUT2D eigenvalue weighted by Gasteiger charge is 2.57. The monoisotopic (exact) mass is 386 g/mol. The van der Waals surface area contributed by atoms with Gasteiger partial charge < -0.3 is 20.4 Å². The normalized spacial score (nSPS) is 25.2. The molecule has 0 amide bonds. The van der Waals surface area contributed by atoms with Crippen molar-refractivity contribution in [1.82, 2.24) is 0 Å². The maximum atomic E-state index is 11.5. The molecule has 0 fully saturated rings. The lowest BCUT2D eigenvalue weighted by Gasteiger charge is -2.49. The van der Waals surface area contributed by atoms with Crippen molar-refractivity contribution in [2.24, 2.45) is 11.3 Å². The van der Waals surface area contributed by atoms with Crippen molar-refractivity contribution < 1.29 is 30.0 Å². The van der Waals surface area contributed by atoms with Crippen LogP contribution in [0.5, 0.6) is 0 Å². The molecule has 28 heavy (non-hydrogen) atoms. The van der Waals surface area contributed by atoms with E-state index in [1.54, 1.807) is 19.9 Å². The number of carboxylic acid groups (broad SMARTS) is 2. The van der Waals surface area contributed by atoms with Gasteiger partial charge in [-0.05, 0) is 41.7 Å². The van der Waals surface area contributed by atoms with Crippen molar-refractivity contribution in [1.29, 1.82) is 0 Å². The molecule has 6 nitrogen and oxygen atoms in total. The second-order valence-electron chi connectivity index (χ2n) is 7.56. The van der Waals surface area contributed by atoms with E-state index in [2.05, 4.69) is 0 Å². The van der Waals surface area contributed by atoms with Crippen LogP contribution in [0.15, 0.2) is 59.9 Å². The zero-order chi connectivity index (χ0) is 21.1. The van der Waals surface area contributed by atoms with E-state index >= 15 is 0 Å². The van der Waals surface area contributed by atoms with E-state index < -0.39 is 41.7 Å². The zero-order valence-electron chi connectivity index (χ0n) is 16.2. The number of aliphatic hydroxyl groups excluding tert-OH is 1. The van der Waals surface area contributed by atoms with Crippen LogP contribution in [-0.2, 0) is 9.59 Å². The van der Waals surface area contributed by atoms with Crippen molar-refractivity contribution >= 4 is 17.5 Å². The molecule has 0 bridgehead atoms. The summed E-state index contributed by atoms with van der Waals surface area (Å²) >= 11 is 0. The molecule has 1 aromatic rings. The van der Waals surface area contributed by atoms with E-state index in [0.29, 0.717) is 5.57 Å². The molecule has 0 aromatic heterocycles. The molecule has 1 aromatic carbocycles. The third-order valence-electron chi connectivity index (χ3n) is 5.39. The van der Waals surface area contributed by atoms with Gasteiger partial charge in [0.2, 0.25) is 0 Å². The predicted molar refractivity (Wildman–Crippen MR) is 106 cm³/mol. The van der Waals surface area contributed by atoms with Crippen molar-refractivity contribution in [3.8, 4) is 0 Å². The van der Waals surface area contributed by atoms with Crippen molar-refractivity contribution in [2.45, 2.75) is 39.2 Å². The summed E-state index contributed by atoms with van der Waals surface area (Å²) in [4.78, 5) is 23.0. The first-order chi connectivity index (χ1) is 13.0. The van der Waals surface area contributed by atoms with Gasteiger partial charge >= 0.3 is 11.9 Å². The molecule has 1 aliphatic rings. The van der Waals surface area contributed by atoms with Crippen LogP contribution in [0.1, 0.15) is 39.2 Å². The Morgan fingerprint density at radius 1 is 1.07 bits per heavy atom.